The number of piperazine rings is 1. The Balaban J connectivity index is 1.88. The highest BCUT2D eigenvalue weighted by Crippen LogP contribution is 2.53. The van der Waals surface area contributed by atoms with E-state index < -0.39 is 0 Å². The molecule has 2 fully saturated rings. The van der Waals surface area contributed by atoms with Crippen LogP contribution in [0.15, 0.2) is 18.2 Å². The van der Waals surface area contributed by atoms with E-state index in [4.69, 9.17) is 10.5 Å². The normalized spacial score (nSPS) is 23.0. The second-order valence-corrected chi connectivity index (χ2v) is 10.5. The molecule has 0 aromatic heterocycles. The summed E-state index contributed by atoms with van der Waals surface area (Å²) in [5.41, 5.74) is 9.30. The lowest BCUT2D eigenvalue weighted by Gasteiger charge is -2.46. The van der Waals surface area contributed by atoms with Gasteiger partial charge in [-0.25, -0.2) is 0 Å². The number of hydrogen-bond donors (Lipinski definition) is 1. The maximum Gasteiger partial charge on any atom is 0.137 e. The van der Waals surface area contributed by atoms with E-state index in [-0.39, 0.29) is 6.73 Å². The second kappa shape index (κ2) is 8.62. The summed E-state index contributed by atoms with van der Waals surface area (Å²) < 4.78 is 5.66. The Morgan fingerprint density at radius 1 is 1.04 bits per heavy atom. The standard InChI is InChI=1S/C24H41N3O/c1-6-9-26-10-12-27(13-11-26)22-14-20(28-18-25)7-8-21(22)19-15-23(2,3)17-24(4,5)16-19/h7-8,14,19H,6,9-13,15-18,25H2,1-5H3. The lowest BCUT2D eigenvalue weighted by atomic mass is 9.60. The highest BCUT2D eigenvalue weighted by molar-refractivity contribution is 5.59. The topological polar surface area (TPSA) is 41.7 Å². The second-order valence-electron chi connectivity index (χ2n) is 10.5. The number of anilines is 1. The number of ether oxygens (including phenoxy) is 1. The van der Waals surface area contributed by atoms with Crippen LogP contribution in [0.5, 0.6) is 5.75 Å². The van der Waals surface area contributed by atoms with Crippen molar-refractivity contribution in [3.8, 4) is 5.75 Å². The predicted molar refractivity (Wildman–Crippen MR) is 119 cm³/mol. The van der Waals surface area contributed by atoms with Crippen LogP contribution in [-0.4, -0.2) is 44.4 Å². The molecule has 0 bridgehead atoms. The van der Waals surface area contributed by atoms with E-state index in [1.54, 1.807) is 0 Å². The molecule has 0 radical (unpaired) electrons. The van der Waals surface area contributed by atoms with E-state index >= 15 is 0 Å². The summed E-state index contributed by atoms with van der Waals surface area (Å²) in [6.07, 6.45) is 5.06. The molecule has 3 rings (SSSR count). The van der Waals surface area contributed by atoms with Crippen molar-refractivity contribution in [1.29, 1.82) is 0 Å². The molecule has 4 nitrogen and oxygen atoms in total. The van der Waals surface area contributed by atoms with Crippen molar-refractivity contribution in [2.75, 3.05) is 44.4 Å². The molecule has 1 saturated carbocycles. The Kier molecular flexibility index (Phi) is 6.61. The van der Waals surface area contributed by atoms with Crippen molar-refractivity contribution < 1.29 is 4.74 Å². The number of rotatable bonds is 6. The number of nitrogens with zero attached hydrogens (tertiary/aromatic N) is 2. The Morgan fingerprint density at radius 3 is 2.25 bits per heavy atom. The molecule has 0 unspecified atom stereocenters. The minimum absolute atomic E-state index is 0.229. The third-order valence-electron chi connectivity index (χ3n) is 6.50. The van der Waals surface area contributed by atoms with Crippen molar-refractivity contribution in [2.45, 2.75) is 66.2 Å². The summed E-state index contributed by atoms with van der Waals surface area (Å²) in [4.78, 5) is 5.17. The number of benzene rings is 1. The quantitative estimate of drug-likeness (QED) is 0.710. The molecule has 2 aliphatic rings. The molecule has 28 heavy (non-hydrogen) atoms. The average molecular weight is 388 g/mol. The van der Waals surface area contributed by atoms with Gasteiger partial charge in [0.05, 0.1) is 0 Å². The van der Waals surface area contributed by atoms with Crippen LogP contribution >= 0.6 is 0 Å². The molecule has 158 valence electrons. The van der Waals surface area contributed by atoms with Crippen LogP contribution in [0.25, 0.3) is 0 Å². The molecule has 1 saturated heterocycles. The zero-order chi connectivity index (χ0) is 20.4. The van der Waals surface area contributed by atoms with Crippen LogP contribution in [0.1, 0.15) is 71.8 Å². The molecule has 0 atom stereocenters. The minimum atomic E-state index is 0.229. The molecule has 1 heterocycles. The van der Waals surface area contributed by atoms with E-state index in [1.807, 2.05) is 0 Å². The van der Waals surface area contributed by atoms with Crippen LogP contribution in [0.3, 0.4) is 0 Å². The third-order valence-corrected chi connectivity index (χ3v) is 6.50. The van der Waals surface area contributed by atoms with Gasteiger partial charge < -0.3 is 9.64 Å². The first kappa shape index (κ1) is 21.4. The maximum atomic E-state index is 5.66. The number of hydrogen-bond acceptors (Lipinski definition) is 4. The van der Waals surface area contributed by atoms with E-state index in [1.165, 1.54) is 43.5 Å². The van der Waals surface area contributed by atoms with Crippen LogP contribution in [0, 0.1) is 10.8 Å². The van der Waals surface area contributed by atoms with Gasteiger partial charge in [0.1, 0.15) is 12.5 Å². The van der Waals surface area contributed by atoms with Gasteiger partial charge in [0.2, 0.25) is 0 Å². The lowest BCUT2D eigenvalue weighted by molar-refractivity contribution is 0.0969. The Labute approximate surface area is 172 Å². The maximum absolute atomic E-state index is 5.66. The summed E-state index contributed by atoms with van der Waals surface area (Å²) >= 11 is 0. The minimum Gasteiger partial charge on any atom is -0.479 e. The summed E-state index contributed by atoms with van der Waals surface area (Å²) in [7, 11) is 0. The van der Waals surface area contributed by atoms with E-state index in [0.717, 1.165) is 31.9 Å². The zero-order valence-electron chi connectivity index (χ0n) is 18.8. The van der Waals surface area contributed by atoms with Crippen LogP contribution in [0.2, 0.25) is 0 Å². The van der Waals surface area contributed by atoms with Crippen molar-refractivity contribution >= 4 is 5.69 Å². The summed E-state index contributed by atoms with van der Waals surface area (Å²) in [5, 5.41) is 0. The molecule has 1 aromatic carbocycles. The lowest BCUT2D eigenvalue weighted by Crippen LogP contribution is -2.47. The largest absolute Gasteiger partial charge is 0.479 e. The monoisotopic (exact) mass is 387 g/mol. The van der Waals surface area contributed by atoms with Crippen LogP contribution < -0.4 is 15.4 Å². The highest BCUT2D eigenvalue weighted by Gasteiger charge is 2.40. The zero-order valence-corrected chi connectivity index (χ0v) is 18.8. The molecule has 1 aromatic rings. The average Bonchev–Trinajstić information content (AvgIpc) is 2.60. The first-order chi connectivity index (χ1) is 13.2. The fourth-order valence-electron chi connectivity index (χ4n) is 5.92. The fourth-order valence-corrected chi connectivity index (χ4v) is 5.92. The number of nitrogens with two attached hydrogens (primary N) is 1. The molecule has 0 amide bonds. The third kappa shape index (κ3) is 5.21. The van der Waals surface area contributed by atoms with E-state index in [0.29, 0.717) is 16.7 Å². The Bertz CT molecular complexity index is 631. The van der Waals surface area contributed by atoms with E-state index in [9.17, 15) is 0 Å². The van der Waals surface area contributed by atoms with Gasteiger partial charge in [-0.1, -0.05) is 40.7 Å². The van der Waals surface area contributed by atoms with E-state index in [2.05, 4.69) is 62.6 Å². The van der Waals surface area contributed by atoms with Gasteiger partial charge >= 0.3 is 0 Å². The molecule has 1 aliphatic heterocycles. The van der Waals surface area contributed by atoms with Crippen molar-refractivity contribution in [2.24, 2.45) is 16.6 Å². The van der Waals surface area contributed by atoms with Crippen molar-refractivity contribution in [1.82, 2.24) is 4.90 Å². The Hall–Kier alpha value is -1.26. The van der Waals surface area contributed by atoms with Gasteiger partial charge in [-0.05, 0) is 60.6 Å². The van der Waals surface area contributed by atoms with Gasteiger partial charge in [0.15, 0.2) is 0 Å². The molecular weight excluding hydrogens is 346 g/mol. The molecule has 2 N–H and O–H groups in total. The van der Waals surface area contributed by atoms with Gasteiger partial charge in [0.25, 0.3) is 0 Å². The van der Waals surface area contributed by atoms with Gasteiger partial charge in [0, 0.05) is 37.9 Å². The van der Waals surface area contributed by atoms with Gasteiger partial charge in [-0.15, -0.1) is 0 Å². The SMILES string of the molecule is CCCN1CCN(c2cc(OCN)ccc2C2CC(C)(C)CC(C)(C)C2)CC1. The molecule has 1 aliphatic carbocycles. The highest BCUT2D eigenvalue weighted by atomic mass is 16.5. The molecule has 4 heteroatoms. The van der Waals surface area contributed by atoms with Crippen molar-refractivity contribution in [3.05, 3.63) is 23.8 Å². The smallest absolute Gasteiger partial charge is 0.137 e. The Morgan fingerprint density at radius 2 is 1.68 bits per heavy atom. The van der Waals surface area contributed by atoms with Crippen LogP contribution in [-0.2, 0) is 0 Å². The molecule has 0 spiro atoms. The van der Waals surface area contributed by atoms with Gasteiger partial charge in [-0.3, -0.25) is 10.6 Å². The summed E-state index contributed by atoms with van der Waals surface area (Å²) in [6.45, 7) is 18.0. The van der Waals surface area contributed by atoms with Crippen LogP contribution in [0.4, 0.5) is 5.69 Å². The summed E-state index contributed by atoms with van der Waals surface area (Å²) in [6, 6.07) is 6.68. The fraction of sp³-hybridized carbons (Fsp3) is 0.750. The summed E-state index contributed by atoms with van der Waals surface area (Å²) in [5.74, 6) is 1.50. The first-order valence-electron chi connectivity index (χ1n) is 11.2. The van der Waals surface area contributed by atoms with Gasteiger partial charge in [-0.2, -0.15) is 0 Å². The molecular formula is C24H41N3O. The predicted octanol–water partition coefficient (Wildman–Crippen LogP) is 4.83. The first-order valence-corrected chi connectivity index (χ1v) is 11.2. The van der Waals surface area contributed by atoms with Crippen molar-refractivity contribution in [3.63, 3.8) is 0 Å².